The number of hydrogen-bond acceptors (Lipinski definition) is 2. The molecule has 0 aliphatic heterocycles. The van der Waals surface area contributed by atoms with Crippen LogP contribution in [-0.2, 0) is 0 Å². The van der Waals surface area contributed by atoms with Crippen LogP contribution in [0.15, 0.2) is 42.5 Å². The van der Waals surface area contributed by atoms with Gasteiger partial charge in [-0.25, -0.2) is 4.79 Å². The van der Waals surface area contributed by atoms with Gasteiger partial charge < -0.3 is 16.4 Å². The van der Waals surface area contributed by atoms with E-state index in [0.717, 1.165) is 5.69 Å². The predicted octanol–water partition coefficient (Wildman–Crippen LogP) is 3.97. The monoisotopic (exact) mass is 283 g/mol. The summed E-state index contributed by atoms with van der Waals surface area (Å²) in [5.41, 5.74) is 10.5. The number of rotatable bonds is 4. The molecule has 21 heavy (non-hydrogen) atoms. The van der Waals surface area contributed by atoms with E-state index >= 15 is 0 Å². The van der Waals surface area contributed by atoms with Crippen molar-refractivity contribution in [3.05, 3.63) is 59.2 Å². The number of carbonyl (C=O) groups excluding carboxylic acids is 1. The molecule has 110 valence electrons. The molecule has 0 radical (unpaired) electrons. The molecule has 0 aliphatic rings. The molecule has 2 aromatic rings. The SMILES string of the molecule is Cc1ccc(C(C)Nc2cccc(NC(N)=O)c2)cc1C. The first-order valence-electron chi connectivity index (χ1n) is 6.96. The molecule has 0 saturated heterocycles. The molecule has 1 atom stereocenters. The first-order chi connectivity index (χ1) is 9.95. The summed E-state index contributed by atoms with van der Waals surface area (Å²) >= 11 is 0. The molecule has 0 heterocycles. The molecule has 0 aliphatic carbocycles. The fourth-order valence-corrected chi connectivity index (χ4v) is 2.20. The van der Waals surface area contributed by atoms with Crippen LogP contribution in [0.2, 0.25) is 0 Å². The molecule has 2 rings (SSSR count). The summed E-state index contributed by atoms with van der Waals surface area (Å²) in [4.78, 5) is 10.9. The van der Waals surface area contributed by atoms with E-state index in [1.165, 1.54) is 16.7 Å². The Bertz CT molecular complexity index is 652. The number of aryl methyl sites for hydroxylation is 2. The Kier molecular flexibility index (Phi) is 4.48. The lowest BCUT2D eigenvalue weighted by Crippen LogP contribution is -2.19. The zero-order valence-corrected chi connectivity index (χ0v) is 12.6. The largest absolute Gasteiger partial charge is 0.378 e. The molecule has 4 heteroatoms. The van der Waals surface area contributed by atoms with Gasteiger partial charge in [-0.2, -0.15) is 0 Å². The molecule has 0 fully saturated rings. The maximum atomic E-state index is 10.9. The predicted molar refractivity (Wildman–Crippen MR) is 87.6 cm³/mol. The van der Waals surface area contributed by atoms with E-state index < -0.39 is 6.03 Å². The molecule has 2 aromatic carbocycles. The Morgan fingerprint density at radius 3 is 2.43 bits per heavy atom. The number of nitrogens with one attached hydrogen (secondary N) is 2. The summed E-state index contributed by atoms with van der Waals surface area (Å²) in [7, 11) is 0. The van der Waals surface area contributed by atoms with Gasteiger partial charge in [0.05, 0.1) is 0 Å². The average molecular weight is 283 g/mol. The standard InChI is InChI=1S/C17H21N3O/c1-11-7-8-14(9-12(11)2)13(3)19-15-5-4-6-16(10-15)20-17(18)21/h4-10,13,19H,1-3H3,(H3,18,20,21). The van der Waals surface area contributed by atoms with Gasteiger partial charge in [-0.05, 0) is 55.7 Å². The van der Waals surface area contributed by atoms with Crippen molar-refractivity contribution in [2.75, 3.05) is 10.6 Å². The molecule has 1 unspecified atom stereocenters. The Hall–Kier alpha value is -2.49. The second-order valence-electron chi connectivity index (χ2n) is 5.28. The summed E-state index contributed by atoms with van der Waals surface area (Å²) in [6.45, 7) is 6.33. The van der Waals surface area contributed by atoms with E-state index in [0.29, 0.717) is 5.69 Å². The summed E-state index contributed by atoms with van der Waals surface area (Å²) < 4.78 is 0. The van der Waals surface area contributed by atoms with E-state index in [1.807, 2.05) is 18.2 Å². The quantitative estimate of drug-likeness (QED) is 0.794. The topological polar surface area (TPSA) is 67.2 Å². The molecule has 0 spiro atoms. The number of nitrogens with two attached hydrogens (primary N) is 1. The van der Waals surface area contributed by atoms with Crippen LogP contribution >= 0.6 is 0 Å². The number of carbonyl (C=O) groups is 1. The second kappa shape index (κ2) is 6.31. The number of anilines is 2. The maximum absolute atomic E-state index is 10.9. The maximum Gasteiger partial charge on any atom is 0.316 e. The lowest BCUT2D eigenvalue weighted by Gasteiger charge is -2.17. The first kappa shape index (κ1) is 14.9. The normalized spacial score (nSPS) is 11.8. The van der Waals surface area contributed by atoms with Gasteiger partial charge in [0.15, 0.2) is 0 Å². The van der Waals surface area contributed by atoms with Crippen molar-refractivity contribution in [2.24, 2.45) is 5.73 Å². The van der Waals surface area contributed by atoms with Gasteiger partial charge >= 0.3 is 6.03 Å². The third-order valence-electron chi connectivity index (χ3n) is 3.54. The third-order valence-corrected chi connectivity index (χ3v) is 3.54. The zero-order valence-electron chi connectivity index (χ0n) is 12.6. The van der Waals surface area contributed by atoms with Crippen LogP contribution in [-0.4, -0.2) is 6.03 Å². The summed E-state index contributed by atoms with van der Waals surface area (Å²) in [5, 5.41) is 6.00. The summed E-state index contributed by atoms with van der Waals surface area (Å²) in [5.74, 6) is 0. The van der Waals surface area contributed by atoms with Crippen LogP contribution < -0.4 is 16.4 Å². The fraction of sp³-hybridized carbons (Fsp3) is 0.235. The van der Waals surface area contributed by atoms with Gasteiger partial charge in [0.25, 0.3) is 0 Å². The summed E-state index contributed by atoms with van der Waals surface area (Å²) in [6.07, 6.45) is 0. The molecular weight excluding hydrogens is 262 g/mol. The van der Waals surface area contributed by atoms with E-state index in [4.69, 9.17) is 5.73 Å². The van der Waals surface area contributed by atoms with E-state index in [2.05, 4.69) is 49.6 Å². The molecule has 2 amide bonds. The van der Waals surface area contributed by atoms with Crippen molar-refractivity contribution < 1.29 is 4.79 Å². The van der Waals surface area contributed by atoms with Crippen molar-refractivity contribution in [1.29, 1.82) is 0 Å². The molecule has 0 aromatic heterocycles. The summed E-state index contributed by atoms with van der Waals surface area (Å²) in [6, 6.07) is 13.6. The van der Waals surface area contributed by atoms with E-state index in [9.17, 15) is 4.79 Å². The van der Waals surface area contributed by atoms with Crippen LogP contribution in [0.25, 0.3) is 0 Å². The highest BCUT2D eigenvalue weighted by Crippen LogP contribution is 2.23. The van der Waals surface area contributed by atoms with Crippen LogP contribution in [0.5, 0.6) is 0 Å². The molecule has 0 saturated carbocycles. The van der Waals surface area contributed by atoms with Gasteiger partial charge in [-0.3, -0.25) is 0 Å². The van der Waals surface area contributed by atoms with Gasteiger partial charge in [0, 0.05) is 17.4 Å². The molecular formula is C17H21N3O. The molecule has 4 N–H and O–H groups in total. The number of benzene rings is 2. The number of urea groups is 1. The van der Waals surface area contributed by atoms with Gasteiger partial charge in [-0.1, -0.05) is 24.3 Å². The van der Waals surface area contributed by atoms with Crippen molar-refractivity contribution in [3.8, 4) is 0 Å². The highest BCUT2D eigenvalue weighted by atomic mass is 16.2. The number of primary amides is 1. The Labute approximate surface area is 125 Å². The lowest BCUT2D eigenvalue weighted by molar-refractivity contribution is 0.259. The van der Waals surface area contributed by atoms with Crippen LogP contribution in [0.1, 0.15) is 29.7 Å². The minimum absolute atomic E-state index is 0.174. The first-order valence-corrected chi connectivity index (χ1v) is 6.96. The number of hydrogen-bond donors (Lipinski definition) is 3. The highest BCUT2D eigenvalue weighted by Gasteiger charge is 2.07. The van der Waals surface area contributed by atoms with Crippen molar-refractivity contribution in [2.45, 2.75) is 26.8 Å². The Balaban J connectivity index is 2.13. The third kappa shape index (κ3) is 3.99. The van der Waals surface area contributed by atoms with Gasteiger partial charge in [0.2, 0.25) is 0 Å². The van der Waals surface area contributed by atoms with Crippen molar-refractivity contribution >= 4 is 17.4 Å². The molecule has 4 nitrogen and oxygen atoms in total. The second-order valence-corrected chi connectivity index (χ2v) is 5.28. The van der Waals surface area contributed by atoms with E-state index in [1.54, 1.807) is 6.07 Å². The Morgan fingerprint density at radius 2 is 1.76 bits per heavy atom. The lowest BCUT2D eigenvalue weighted by atomic mass is 10.0. The minimum Gasteiger partial charge on any atom is -0.378 e. The zero-order chi connectivity index (χ0) is 15.4. The van der Waals surface area contributed by atoms with Crippen molar-refractivity contribution in [1.82, 2.24) is 0 Å². The molecule has 0 bridgehead atoms. The average Bonchev–Trinajstić information content (AvgIpc) is 2.41. The van der Waals surface area contributed by atoms with E-state index in [-0.39, 0.29) is 6.04 Å². The Morgan fingerprint density at radius 1 is 1.05 bits per heavy atom. The fourth-order valence-electron chi connectivity index (χ4n) is 2.20. The van der Waals surface area contributed by atoms with Gasteiger partial charge in [0.1, 0.15) is 0 Å². The van der Waals surface area contributed by atoms with Crippen molar-refractivity contribution in [3.63, 3.8) is 0 Å². The minimum atomic E-state index is -0.561. The highest BCUT2D eigenvalue weighted by molar-refractivity contribution is 5.88. The number of amides is 2. The smallest absolute Gasteiger partial charge is 0.316 e. The van der Waals surface area contributed by atoms with Crippen LogP contribution in [0.4, 0.5) is 16.2 Å². The van der Waals surface area contributed by atoms with Crippen LogP contribution in [0.3, 0.4) is 0 Å². The van der Waals surface area contributed by atoms with Gasteiger partial charge in [-0.15, -0.1) is 0 Å². The van der Waals surface area contributed by atoms with Crippen LogP contribution in [0, 0.1) is 13.8 Å².